The van der Waals surface area contributed by atoms with E-state index in [-0.39, 0.29) is 0 Å². The van der Waals surface area contributed by atoms with Gasteiger partial charge in [0.25, 0.3) is 0 Å². The van der Waals surface area contributed by atoms with Crippen LogP contribution in [0.25, 0.3) is 0 Å². The summed E-state index contributed by atoms with van der Waals surface area (Å²) in [6, 6.07) is 0. The summed E-state index contributed by atoms with van der Waals surface area (Å²) in [5.74, 6) is 0. The van der Waals surface area contributed by atoms with E-state index in [0.29, 0.717) is 0 Å². The van der Waals surface area contributed by atoms with Gasteiger partial charge < -0.3 is 4.48 Å². The Morgan fingerprint density at radius 1 is 1.45 bits per heavy atom. The SMILES string of the molecule is C=C1CC[N+](C)(CCBr)CC1. The molecule has 0 atom stereocenters. The van der Waals surface area contributed by atoms with Crippen LogP contribution in [0.4, 0.5) is 0 Å². The summed E-state index contributed by atoms with van der Waals surface area (Å²) in [4.78, 5) is 0. The van der Waals surface area contributed by atoms with Crippen LogP contribution in [0, 0.1) is 0 Å². The van der Waals surface area contributed by atoms with E-state index in [2.05, 4.69) is 29.6 Å². The highest BCUT2D eigenvalue weighted by molar-refractivity contribution is 9.09. The summed E-state index contributed by atoms with van der Waals surface area (Å²) >= 11 is 3.50. The molecule has 1 nitrogen and oxygen atoms in total. The first-order chi connectivity index (χ1) is 5.16. The summed E-state index contributed by atoms with van der Waals surface area (Å²) in [6.45, 7) is 7.84. The number of piperidine rings is 1. The Morgan fingerprint density at radius 3 is 2.45 bits per heavy atom. The molecule has 0 N–H and O–H groups in total. The highest BCUT2D eigenvalue weighted by Crippen LogP contribution is 2.19. The van der Waals surface area contributed by atoms with Crippen LogP contribution in [0.2, 0.25) is 0 Å². The van der Waals surface area contributed by atoms with E-state index in [9.17, 15) is 0 Å². The third-order valence-electron chi connectivity index (χ3n) is 2.63. The van der Waals surface area contributed by atoms with Gasteiger partial charge in [-0.25, -0.2) is 0 Å². The Morgan fingerprint density at radius 2 is 2.00 bits per heavy atom. The van der Waals surface area contributed by atoms with Crippen LogP contribution >= 0.6 is 15.9 Å². The van der Waals surface area contributed by atoms with Crippen molar-refractivity contribution in [1.29, 1.82) is 0 Å². The maximum atomic E-state index is 4.02. The fourth-order valence-electron chi connectivity index (χ4n) is 1.52. The molecule has 1 fully saturated rings. The maximum Gasteiger partial charge on any atom is 0.0883 e. The topological polar surface area (TPSA) is 0 Å². The van der Waals surface area contributed by atoms with Gasteiger partial charge in [0.1, 0.15) is 0 Å². The van der Waals surface area contributed by atoms with Crippen LogP contribution in [0.3, 0.4) is 0 Å². The zero-order valence-electron chi connectivity index (χ0n) is 7.27. The minimum Gasteiger partial charge on any atom is -0.325 e. The third-order valence-corrected chi connectivity index (χ3v) is 2.99. The lowest BCUT2D eigenvalue weighted by atomic mass is 10.0. The van der Waals surface area contributed by atoms with Crippen molar-refractivity contribution >= 4 is 15.9 Å². The molecule has 1 saturated heterocycles. The lowest BCUT2D eigenvalue weighted by Crippen LogP contribution is -2.49. The van der Waals surface area contributed by atoms with Crippen LogP contribution in [-0.4, -0.2) is 36.5 Å². The van der Waals surface area contributed by atoms with Crippen LogP contribution in [0.1, 0.15) is 12.8 Å². The van der Waals surface area contributed by atoms with Gasteiger partial charge in [-0.3, -0.25) is 0 Å². The molecule has 1 rings (SSSR count). The molecule has 1 heterocycles. The molecule has 0 bridgehead atoms. The molecule has 1 aliphatic rings. The molecule has 0 aromatic heterocycles. The van der Waals surface area contributed by atoms with Crippen LogP contribution in [0.15, 0.2) is 12.2 Å². The highest BCUT2D eigenvalue weighted by Gasteiger charge is 2.24. The number of alkyl halides is 1. The molecule has 11 heavy (non-hydrogen) atoms. The lowest BCUT2D eigenvalue weighted by molar-refractivity contribution is -0.909. The molecular formula is C9H17BrN+. The van der Waals surface area contributed by atoms with Gasteiger partial charge >= 0.3 is 0 Å². The van der Waals surface area contributed by atoms with Gasteiger partial charge in [-0.1, -0.05) is 28.1 Å². The van der Waals surface area contributed by atoms with Gasteiger partial charge in [-0.2, -0.15) is 0 Å². The Balaban J connectivity index is 2.41. The van der Waals surface area contributed by atoms with Crippen molar-refractivity contribution < 1.29 is 4.48 Å². The molecule has 0 spiro atoms. The smallest absolute Gasteiger partial charge is 0.0883 e. The van der Waals surface area contributed by atoms with Crippen molar-refractivity contribution in [1.82, 2.24) is 0 Å². The number of hydrogen-bond acceptors (Lipinski definition) is 0. The average Bonchev–Trinajstić information content (AvgIpc) is 1.97. The van der Waals surface area contributed by atoms with Crippen LogP contribution in [0.5, 0.6) is 0 Å². The first kappa shape index (κ1) is 9.27. The van der Waals surface area contributed by atoms with Crippen LogP contribution < -0.4 is 0 Å². The second kappa shape index (κ2) is 3.72. The number of hydrogen-bond donors (Lipinski definition) is 0. The van der Waals surface area contributed by atoms with Gasteiger partial charge in [0, 0.05) is 12.8 Å². The Labute approximate surface area is 77.8 Å². The molecule has 0 aromatic carbocycles. The molecule has 64 valence electrons. The quantitative estimate of drug-likeness (QED) is 0.379. The average molecular weight is 219 g/mol. The van der Waals surface area contributed by atoms with Crippen molar-refractivity contribution in [2.24, 2.45) is 0 Å². The van der Waals surface area contributed by atoms with Crippen molar-refractivity contribution in [3.63, 3.8) is 0 Å². The summed E-state index contributed by atoms with van der Waals surface area (Å²) in [6.07, 6.45) is 2.45. The summed E-state index contributed by atoms with van der Waals surface area (Å²) in [5.41, 5.74) is 1.44. The monoisotopic (exact) mass is 218 g/mol. The molecule has 0 aromatic rings. The van der Waals surface area contributed by atoms with Crippen molar-refractivity contribution in [3.8, 4) is 0 Å². The molecule has 1 aliphatic heterocycles. The molecule has 0 saturated carbocycles. The van der Waals surface area contributed by atoms with E-state index in [1.807, 2.05) is 0 Å². The molecule has 0 radical (unpaired) electrons. The second-order valence-electron chi connectivity index (χ2n) is 3.73. The van der Waals surface area contributed by atoms with E-state index in [1.165, 1.54) is 42.5 Å². The Hall–Kier alpha value is 0.180. The fourth-order valence-corrected chi connectivity index (χ4v) is 2.38. The minimum absolute atomic E-state index is 1.12. The van der Waals surface area contributed by atoms with Gasteiger partial charge in [-0.15, -0.1) is 0 Å². The van der Waals surface area contributed by atoms with Crippen molar-refractivity contribution in [2.45, 2.75) is 12.8 Å². The molecule has 0 amide bonds. The van der Waals surface area contributed by atoms with Crippen molar-refractivity contribution in [2.75, 3.05) is 32.0 Å². The van der Waals surface area contributed by atoms with Gasteiger partial charge in [0.2, 0.25) is 0 Å². The number of rotatable bonds is 2. The molecule has 0 aliphatic carbocycles. The summed E-state index contributed by atoms with van der Waals surface area (Å²) in [7, 11) is 2.34. The van der Waals surface area contributed by atoms with Gasteiger partial charge in [0.05, 0.1) is 32.0 Å². The second-order valence-corrected chi connectivity index (χ2v) is 4.52. The van der Waals surface area contributed by atoms with E-state index >= 15 is 0 Å². The lowest BCUT2D eigenvalue weighted by Gasteiger charge is -2.38. The summed E-state index contributed by atoms with van der Waals surface area (Å²) in [5, 5.41) is 1.12. The molecular weight excluding hydrogens is 202 g/mol. The van der Waals surface area contributed by atoms with Gasteiger partial charge in [-0.05, 0) is 0 Å². The van der Waals surface area contributed by atoms with E-state index in [1.54, 1.807) is 0 Å². The Bertz CT molecular complexity index is 144. The third kappa shape index (κ3) is 2.60. The standard InChI is InChI=1S/C9H17BrN/c1-9-3-6-11(2,7-4-9)8-5-10/h1,3-8H2,2H3/q+1. The van der Waals surface area contributed by atoms with Gasteiger partial charge in [0.15, 0.2) is 0 Å². The minimum atomic E-state index is 1.12. The Kier molecular flexibility index (Phi) is 3.14. The maximum absolute atomic E-state index is 4.02. The molecule has 2 heteroatoms. The number of halogens is 1. The normalized spacial score (nSPS) is 23.6. The van der Waals surface area contributed by atoms with E-state index in [4.69, 9.17) is 0 Å². The predicted octanol–water partition coefficient (Wildman–Crippen LogP) is 2.18. The predicted molar refractivity (Wildman–Crippen MR) is 53.0 cm³/mol. The zero-order valence-corrected chi connectivity index (χ0v) is 8.86. The van der Waals surface area contributed by atoms with Crippen molar-refractivity contribution in [3.05, 3.63) is 12.2 Å². The first-order valence-electron chi connectivity index (χ1n) is 4.22. The highest BCUT2D eigenvalue weighted by atomic mass is 79.9. The fraction of sp³-hybridized carbons (Fsp3) is 0.778. The summed E-state index contributed by atoms with van der Waals surface area (Å²) < 4.78 is 1.23. The van der Waals surface area contributed by atoms with E-state index < -0.39 is 0 Å². The number of likely N-dealkylation sites (tertiary alicyclic amines) is 1. The largest absolute Gasteiger partial charge is 0.325 e. The number of nitrogens with zero attached hydrogens (tertiary/aromatic N) is 1. The van der Waals surface area contributed by atoms with Crippen LogP contribution in [-0.2, 0) is 0 Å². The first-order valence-corrected chi connectivity index (χ1v) is 5.35. The molecule has 0 unspecified atom stereocenters. The van der Waals surface area contributed by atoms with E-state index in [0.717, 1.165) is 5.33 Å². The zero-order chi connectivity index (χ0) is 8.32. The number of quaternary nitrogens is 1.